The maximum atomic E-state index is 4.26. The molecule has 0 fully saturated rings. The molecule has 1 unspecified atom stereocenters. The van der Waals surface area contributed by atoms with Crippen molar-refractivity contribution >= 4 is 17.6 Å². The van der Waals surface area contributed by atoms with Gasteiger partial charge in [0.25, 0.3) is 0 Å². The molecule has 1 atom stereocenters. The van der Waals surface area contributed by atoms with Crippen LogP contribution in [-0.4, -0.2) is 23.0 Å². The van der Waals surface area contributed by atoms with Gasteiger partial charge in [0.2, 0.25) is 0 Å². The number of hydrogen-bond acceptors (Lipinski definition) is 3. The molecule has 1 aromatic rings. The zero-order valence-electron chi connectivity index (χ0n) is 8.37. The van der Waals surface area contributed by atoms with Crippen molar-refractivity contribution in [2.45, 2.75) is 19.1 Å². The maximum Gasteiger partial charge on any atom is 0.125 e. The van der Waals surface area contributed by atoms with Crippen LogP contribution >= 0.6 is 11.8 Å². The molecule has 0 aliphatic heterocycles. The van der Waals surface area contributed by atoms with Gasteiger partial charge in [-0.05, 0) is 24.8 Å². The summed E-state index contributed by atoms with van der Waals surface area (Å²) in [6, 6.07) is 4.08. The van der Waals surface area contributed by atoms with E-state index in [-0.39, 0.29) is 0 Å². The molecule has 0 bridgehead atoms. The highest BCUT2D eigenvalue weighted by Crippen LogP contribution is 2.08. The van der Waals surface area contributed by atoms with Crippen LogP contribution in [0.15, 0.2) is 18.3 Å². The molecule has 72 valence electrons. The number of rotatable bonds is 4. The second kappa shape index (κ2) is 5.12. The van der Waals surface area contributed by atoms with Gasteiger partial charge in [-0.25, -0.2) is 4.98 Å². The zero-order valence-corrected chi connectivity index (χ0v) is 9.19. The Morgan fingerprint density at radius 1 is 1.54 bits per heavy atom. The standard InChI is InChI=1S/C10H16N2S/c1-8-4-5-10(11-6-8)12-7-9(2)13-3/h4-6,9H,7H2,1-3H3,(H,11,12). The fourth-order valence-electron chi connectivity index (χ4n) is 0.904. The summed E-state index contributed by atoms with van der Waals surface area (Å²) in [5.74, 6) is 0.964. The lowest BCUT2D eigenvalue weighted by Gasteiger charge is -2.09. The smallest absolute Gasteiger partial charge is 0.125 e. The molecule has 13 heavy (non-hydrogen) atoms. The molecular formula is C10H16N2S. The lowest BCUT2D eigenvalue weighted by Crippen LogP contribution is -2.13. The summed E-state index contributed by atoms with van der Waals surface area (Å²) in [6.07, 6.45) is 4.00. The lowest BCUT2D eigenvalue weighted by molar-refractivity contribution is 0.990. The Morgan fingerprint density at radius 2 is 2.31 bits per heavy atom. The number of thioether (sulfide) groups is 1. The van der Waals surface area contributed by atoms with Gasteiger partial charge in [-0.3, -0.25) is 0 Å². The molecule has 0 aromatic carbocycles. The largest absolute Gasteiger partial charge is 0.369 e. The van der Waals surface area contributed by atoms with Gasteiger partial charge in [-0.1, -0.05) is 13.0 Å². The number of aryl methyl sites for hydroxylation is 1. The Hall–Kier alpha value is -0.700. The van der Waals surface area contributed by atoms with Gasteiger partial charge in [0.1, 0.15) is 5.82 Å². The van der Waals surface area contributed by atoms with E-state index < -0.39 is 0 Å². The average Bonchev–Trinajstić information content (AvgIpc) is 2.16. The van der Waals surface area contributed by atoms with E-state index >= 15 is 0 Å². The highest BCUT2D eigenvalue weighted by Gasteiger charge is 1.98. The highest BCUT2D eigenvalue weighted by atomic mass is 32.2. The molecule has 0 aliphatic rings. The first-order valence-electron chi connectivity index (χ1n) is 4.41. The highest BCUT2D eigenvalue weighted by molar-refractivity contribution is 7.99. The van der Waals surface area contributed by atoms with Crippen molar-refractivity contribution in [3.8, 4) is 0 Å². The Morgan fingerprint density at radius 3 is 2.85 bits per heavy atom. The van der Waals surface area contributed by atoms with Gasteiger partial charge < -0.3 is 5.32 Å². The van der Waals surface area contributed by atoms with Gasteiger partial charge in [-0.15, -0.1) is 0 Å². The van der Waals surface area contributed by atoms with Gasteiger partial charge in [0, 0.05) is 18.0 Å². The molecule has 3 heteroatoms. The van der Waals surface area contributed by atoms with E-state index in [9.17, 15) is 0 Å². The minimum atomic E-state index is 0.628. The molecule has 1 rings (SSSR count). The summed E-state index contributed by atoms with van der Waals surface area (Å²) >= 11 is 1.86. The fraction of sp³-hybridized carbons (Fsp3) is 0.500. The second-order valence-electron chi connectivity index (χ2n) is 3.15. The van der Waals surface area contributed by atoms with Crippen LogP contribution in [0.25, 0.3) is 0 Å². The molecular weight excluding hydrogens is 180 g/mol. The first kappa shape index (κ1) is 10.4. The molecule has 0 saturated carbocycles. The topological polar surface area (TPSA) is 24.9 Å². The minimum Gasteiger partial charge on any atom is -0.369 e. The third-order valence-corrected chi connectivity index (χ3v) is 2.86. The summed E-state index contributed by atoms with van der Waals surface area (Å²) < 4.78 is 0. The van der Waals surface area contributed by atoms with Crippen LogP contribution in [0, 0.1) is 6.92 Å². The molecule has 0 saturated heterocycles. The first-order valence-corrected chi connectivity index (χ1v) is 5.70. The quantitative estimate of drug-likeness (QED) is 0.801. The lowest BCUT2D eigenvalue weighted by atomic mass is 10.3. The van der Waals surface area contributed by atoms with Crippen molar-refractivity contribution in [3.63, 3.8) is 0 Å². The summed E-state index contributed by atoms with van der Waals surface area (Å²) in [6.45, 7) is 5.21. The second-order valence-corrected chi connectivity index (χ2v) is 4.42. The third-order valence-electron chi connectivity index (χ3n) is 1.88. The van der Waals surface area contributed by atoms with Gasteiger partial charge in [-0.2, -0.15) is 11.8 Å². The normalized spacial score (nSPS) is 12.5. The van der Waals surface area contributed by atoms with Crippen LogP contribution in [-0.2, 0) is 0 Å². The number of aromatic nitrogens is 1. The predicted molar refractivity (Wildman–Crippen MR) is 60.4 cm³/mol. The molecule has 1 heterocycles. The van der Waals surface area contributed by atoms with E-state index in [1.807, 2.05) is 30.9 Å². The zero-order chi connectivity index (χ0) is 9.68. The van der Waals surface area contributed by atoms with Crippen molar-refractivity contribution < 1.29 is 0 Å². The molecule has 2 nitrogen and oxygen atoms in total. The summed E-state index contributed by atoms with van der Waals surface area (Å²) in [5.41, 5.74) is 1.20. The Labute approximate surface area is 84.1 Å². The van der Waals surface area contributed by atoms with Crippen LogP contribution in [0.1, 0.15) is 12.5 Å². The summed E-state index contributed by atoms with van der Waals surface area (Å²) in [7, 11) is 0. The fourth-order valence-corrected chi connectivity index (χ4v) is 1.15. The molecule has 1 N–H and O–H groups in total. The van der Waals surface area contributed by atoms with Crippen molar-refractivity contribution in [1.29, 1.82) is 0 Å². The molecule has 0 spiro atoms. The van der Waals surface area contributed by atoms with Crippen molar-refractivity contribution in [1.82, 2.24) is 4.98 Å². The molecule has 0 radical (unpaired) electrons. The minimum absolute atomic E-state index is 0.628. The van der Waals surface area contributed by atoms with E-state index in [4.69, 9.17) is 0 Å². The van der Waals surface area contributed by atoms with E-state index in [0.29, 0.717) is 5.25 Å². The molecule has 0 amide bonds. The Bertz CT molecular complexity index is 246. The van der Waals surface area contributed by atoms with E-state index in [0.717, 1.165) is 12.4 Å². The van der Waals surface area contributed by atoms with Gasteiger partial charge >= 0.3 is 0 Å². The van der Waals surface area contributed by atoms with Crippen molar-refractivity contribution in [3.05, 3.63) is 23.9 Å². The van der Waals surface area contributed by atoms with Crippen LogP contribution < -0.4 is 5.32 Å². The third kappa shape index (κ3) is 3.68. The Balaban J connectivity index is 2.41. The molecule has 0 aliphatic carbocycles. The van der Waals surface area contributed by atoms with Crippen LogP contribution in [0.5, 0.6) is 0 Å². The van der Waals surface area contributed by atoms with Crippen LogP contribution in [0.2, 0.25) is 0 Å². The van der Waals surface area contributed by atoms with E-state index in [2.05, 4.69) is 29.5 Å². The monoisotopic (exact) mass is 196 g/mol. The van der Waals surface area contributed by atoms with E-state index in [1.165, 1.54) is 5.56 Å². The van der Waals surface area contributed by atoms with Gasteiger partial charge in [0.05, 0.1) is 0 Å². The number of hydrogen-bond donors (Lipinski definition) is 1. The summed E-state index contributed by atoms with van der Waals surface area (Å²) in [4.78, 5) is 4.26. The van der Waals surface area contributed by atoms with Crippen molar-refractivity contribution in [2.75, 3.05) is 18.1 Å². The Kier molecular flexibility index (Phi) is 4.09. The number of nitrogens with one attached hydrogen (secondary N) is 1. The first-order chi connectivity index (χ1) is 6.22. The SMILES string of the molecule is CSC(C)CNc1ccc(C)cn1. The van der Waals surface area contributed by atoms with Gasteiger partial charge in [0.15, 0.2) is 0 Å². The number of nitrogens with zero attached hydrogens (tertiary/aromatic N) is 1. The number of anilines is 1. The van der Waals surface area contributed by atoms with E-state index in [1.54, 1.807) is 0 Å². The van der Waals surface area contributed by atoms with Crippen LogP contribution in [0.3, 0.4) is 0 Å². The maximum absolute atomic E-state index is 4.26. The summed E-state index contributed by atoms with van der Waals surface area (Å²) in [5, 5.41) is 3.92. The molecule has 1 aromatic heterocycles. The van der Waals surface area contributed by atoms with Crippen molar-refractivity contribution in [2.24, 2.45) is 0 Å². The average molecular weight is 196 g/mol. The van der Waals surface area contributed by atoms with Crippen LogP contribution in [0.4, 0.5) is 5.82 Å². The predicted octanol–water partition coefficient (Wildman–Crippen LogP) is 2.55. The number of pyridine rings is 1.